The molecule has 8 aromatic carbocycles. The maximum Gasteiger partial charge on any atom is 0.240 e. The highest BCUT2D eigenvalue weighted by Gasteiger charge is 2.42. The smallest absolute Gasteiger partial charge is 0.240 e. The van der Waals surface area contributed by atoms with Gasteiger partial charge in [-0.15, -0.1) is 0 Å². The second kappa shape index (κ2) is 16.8. The summed E-state index contributed by atoms with van der Waals surface area (Å²) in [7, 11) is -2.91. The van der Waals surface area contributed by atoms with Crippen LogP contribution in [0.25, 0.3) is 66.9 Å². The van der Waals surface area contributed by atoms with Crippen molar-refractivity contribution < 1.29 is 0 Å². The Balaban J connectivity index is 1.19. The van der Waals surface area contributed by atoms with Gasteiger partial charge in [0.1, 0.15) is 0 Å². The predicted octanol–water partition coefficient (Wildman–Crippen LogP) is 14.1. The third kappa shape index (κ3) is 7.59. The molecular weight excluding hydrogens is 903 g/mol. The van der Waals surface area contributed by atoms with Crippen LogP contribution < -0.4 is 20.7 Å². The Morgan fingerprint density at radius 2 is 0.808 bits per heavy atom. The van der Waals surface area contributed by atoms with Gasteiger partial charge in [-0.25, -0.2) is 0 Å². The van der Waals surface area contributed by atoms with E-state index in [1.807, 2.05) is 0 Å². The summed E-state index contributed by atoms with van der Waals surface area (Å²) in [6.45, 7) is 23.4. The quantitative estimate of drug-likeness (QED) is 0.118. The van der Waals surface area contributed by atoms with Gasteiger partial charge in [-0.05, 0) is 120 Å². The lowest BCUT2D eigenvalue weighted by molar-refractivity contribution is 0.332. The van der Waals surface area contributed by atoms with Crippen molar-refractivity contribution in [3.8, 4) is 23.3 Å². The summed E-state index contributed by atoms with van der Waals surface area (Å²) in [5, 5.41) is 10.00. The maximum atomic E-state index is 5.69. The topological polar surface area (TPSA) is 48.5 Å². The largest absolute Gasteiger partial charge is 0.278 e. The monoisotopic (exact) mass is 968 g/mol. The number of benzene rings is 8. The Hall–Kier alpha value is -7.41. The fourth-order valence-corrected chi connectivity index (χ4v) is 16.9. The van der Waals surface area contributed by atoms with Crippen LogP contribution in [0.2, 0.25) is 0 Å². The van der Waals surface area contributed by atoms with Crippen molar-refractivity contribution in [1.29, 1.82) is 0 Å². The van der Waals surface area contributed by atoms with E-state index in [0.29, 0.717) is 17.7 Å². The number of nitrogens with zero attached hydrogens (tertiary/aromatic N) is 5. The van der Waals surface area contributed by atoms with E-state index in [1.165, 1.54) is 64.5 Å². The number of aromatic nitrogens is 5. The molecule has 0 fully saturated rings. The molecule has 0 amide bonds. The van der Waals surface area contributed by atoms with Crippen LogP contribution in [0, 0.1) is 0 Å². The van der Waals surface area contributed by atoms with Gasteiger partial charge in [0.15, 0.2) is 13.9 Å². The molecule has 0 aliphatic heterocycles. The van der Waals surface area contributed by atoms with Crippen molar-refractivity contribution in [3.05, 3.63) is 210 Å². The number of para-hydroxylation sites is 1. The Kier molecular flexibility index (Phi) is 10.8. The molecule has 73 heavy (non-hydrogen) atoms. The minimum atomic E-state index is -2.91. The molecule has 0 atom stereocenters. The lowest BCUT2D eigenvalue weighted by Crippen LogP contribution is -2.74. The van der Waals surface area contributed by atoms with Gasteiger partial charge in [-0.2, -0.15) is 15.0 Å². The molecule has 11 aromatic rings. The first-order valence-electron chi connectivity index (χ1n) is 26.2. The zero-order valence-corrected chi connectivity index (χ0v) is 45.0. The Morgan fingerprint density at radius 3 is 1.32 bits per heavy atom. The van der Waals surface area contributed by atoms with Crippen LogP contribution in [0.5, 0.6) is 0 Å². The molecule has 12 rings (SSSR count). The van der Waals surface area contributed by atoms with Crippen LogP contribution in [0.1, 0.15) is 104 Å². The second-order valence-corrected chi connectivity index (χ2v) is 27.8. The Morgan fingerprint density at radius 1 is 0.384 bits per heavy atom. The molecule has 6 heteroatoms. The van der Waals surface area contributed by atoms with E-state index in [-0.39, 0.29) is 21.7 Å². The molecule has 0 radical (unpaired) electrons. The molecule has 0 spiro atoms. The molecule has 3 aromatic heterocycles. The van der Waals surface area contributed by atoms with Crippen LogP contribution in [0.4, 0.5) is 0 Å². The molecule has 0 saturated heterocycles. The van der Waals surface area contributed by atoms with Gasteiger partial charge in [0, 0.05) is 27.1 Å². The summed E-state index contributed by atoms with van der Waals surface area (Å²) < 4.78 is 4.61. The third-order valence-electron chi connectivity index (χ3n) is 16.3. The summed E-state index contributed by atoms with van der Waals surface area (Å²) in [6.07, 6.45) is 2.27. The molecule has 362 valence electrons. The van der Waals surface area contributed by atoms with Gasteiger partial charge in [0.25, 0.3) is 0 Å². The van der Waals surface area contributed by atoms with E-state index in [9.17, 15) is 0 Å². The molecule has 0 bridgehead atoms. The minimum absolute atomic E-state index is 0.00359. The van der Waals surface area contributed by atoms with Crippen molar-refractivity contribution >= 4 is 72.4 Å². The molecule has 1 aliphatic rings. The molecule has 5 nitrogen and oxygen atoms in total. The first-order valence-corrected chi connectivity index (χ1v) is 28.2. The zero-order chi connectivity index (χ0) is 50.7. The van der Waals surface area contributed by atoms with Gasteiger partial charge in [0.2, 0.25) is 11.9 Å². The summed E-state index contributed by atoms with van der Waals surface area (Å²) in [6, 6.07) is 70.2. The average molecular weight is 968 g/mol. The summed E-state index contributed by atoms with van der Waals surface area (Å²) >= 11 is 0. The summed E-state index contributed by atoms with van der Waals surface area (Å²) in [5.41, 5.74) is 10.6. The summed E-state index contributed by atoms with van der Waals surface area (Å²) in [5.74, 6) is 1.80. The zero-order valence-electron chi connectivity index (χ0n) is 44.0. The van der Waals surface area contributed by atoms with Gasteiger partial charge in [-0.3, -0.25) is 9.13 Å². The van der Waals surface area contributed by atoms with E-state index in [0.717, 1.165) is 40.5 Å². The van der Waals surface area contributed by atoms with Gasteiger partial charge in [-0.1, -0.05) is 215 Å². The molecule has 0 saturated carbocycles. The van der Waals surface area contributed by atoms with E-state index in [4.69, 9.17) is 15.0 Å². The molecular formula is C67H65N5Si. The fourth-order valence-electron chi connectivity index (χ4n) is 12.1. The van der Waals surface area contributed by atoms with Crippen LogP contribution in [-0.4, -0.2) is 32.2 Å². The van der Waals surface area contributed by atoms with Crippen molar-refractivity contribution in [2.75, 3.05) is 0 Å². The van der Waals surface area contributed by atoms with Gasteiger partial charge in [0.05, 0.1) is 22.1 Å². The number of rotatable bonds is 7. The number of hydrogen-bond donors (Lipinski definition) is 0. The highest BCUT2D eigenvalue weighted by Crippen LogP contribution is 2.48. The Bertz CT molecular complexity index is 3760. The molecule has 1 aliphatic carbocycles. The van der Waals surface area contributed by atoms with Crippen molar-refractivity contribution in [3.63, 3.8) is 0 Å². The van der Waals surface area contributed by atoms with Crippen LogP contribution in [-0.2, 0) is 21.7 Å². The van der Waals surface area contributed by atoms with E-state index in [2.05, 4.69) is 266 Å². The highest BCUT2D eigenvalue weighted by atomic mass is 28.3. The first-order chi connectivity index (χ1) is 34.9. The number of fused-ring (bicyclic) bond motifs is 7. The third-order valence-corrected chi connectivity index (χ3v) is 21.1. The van der Waals surface area contributed by atoms with Crippen LogP contribution in [0.3, 0.4) is 0 Å². The molecule has 0 unspecified atom stereocenters. The van der Waals surface area contributed by atoms with Crippen LogP contribution >= 0.6 is 0 Å². The lowest BCUT2D eigenvalue weighted by Gasteiger charge is -2.42. The van der Waals surface area contributed by atoms with Crippen molar-refractivity contribution in [2.45, 2.75) is 104 Å². The minimum Gasteiger partial charge on any atom is -0.278 e. The second-order valence-electron chi connectivity index (χ2n) is 24.0. The normalized spacial score (nSPS) is 14.8. The van der Waals surface area contributed by atoms with Crippen molar-refractivity contribution in [1.82, 2.24) is 24.1 Å². The SMILES string of the molecule is CC(C)(C)c1ccc2c(c1)c1cc(C(C)(C)C)ccc1n2-c1nc(-c2cccc([Si](c3ccccc3)(c3ccccc3)c3ccccc3)c2)nc(-n2c3ccccc3c3cc4c(cc32)C(C)(C)CCC4(C)C)n1. The van der Waals surface area contributed by atoms with E-state index < -0.39 is 8.07 Å². The fraction of sp³-hybridized carbons (Fsp3) is 0.239. The molecule has 3 heterocycles. The van der Waals surface area contributed by atoms with E-state index in [1.54, 1.807) is 0 Å². The van der Waals surface area contributed by atoms with E-state index >= 15 is 0 Å². The predicted molar refractivity (Wildman–Crippen MR) is 310 cm³/mol. The highest BCUT2D eigenvalue weighted by molar-refractivity contribution is 7.19. The standard InChI is InChI=1S/C67H65N5Si/c1-64(2,3)45-33-35-58-52(40-45)53-41-46(65(4,5)6)34-36-59(53)71(58)62-68-61(44-23-22-30-50(39-44)73(47-24-14-11-15-25-47,48-26-16-12-17-27-48)49-28-18-13-19-29-49)69-63(70-62)72-57-32-21-20-31-51(57)54-42-55-56(43-60(54)72)67(9,10)38-37-66(55,7)8/h11-36,39-43H,37-38H2,1-10H3. The Labute approximate surface area is 431 Å². The molecule has 0 N–H and O–H groups in total. The van der Waals surface area contributed by atoms with Gasteiger partial charge < -0.3 is 0 Å². The van der Waals surface area contributed by atoms with Gasteiger partial charge >= 0.3 is 0 Å². The summed E-state index contributed by atoms with van der Waals surface area (Å²) in [4.78, 5) is 17.0. The van der Waals surface area contributed by atoms with Crippen LogP contribution in [0.15, 0.2) is 188 Å². The van der Waals surface area contributed by atoms with Crippen molar-refractivity contribution in [2.24, 2.45) is 0 Å². The number of hydrogen-bond acceptors (Lipinski definition) is 3. The lowest BCUT2D eigenvalue weighted by atomic mass is 9.63. The first kappa shape index (κ1) is 46.6. The average Bonchev–Trinajstić information content (AvgIpc) is 3.90. The maximum absolute atomic E-state index is 5.69.